The molecule has 1 aromatic heterocycles. The molecule has 3 rings (SSSR count). The molecule has 1 heterocycles. The van der Waals surface area contributed by atoms with Crippen LogP contribution >= 0.6 is 12.4 Å². The van der Waals surface area contributed by atoms with Gasteiger partial charge >= 0.3 is 0 Å². The van der Waals surface area contributed by atoms with Crippen molar-refractivity contribution in [1.82, 2.24) is 4.98 Å². The lowest BCUT2D eigenvalue weighted by Gasteiger charge is -2.11. The number of rotatable bonds is 4. The van der Waals surface area contributed by atoms with Crippen LogP contribution in [0.1, 0.15) is 5.56 Å². The fraction of sp³-hybridized carbons (Fsp3) is 0.167. The Balaban J connectivity index is 0.00000176. The summed E-state index contributed by atoms with van der Waals surface area (Å²) >= 11 is 0. The Hall–Kier alpha value is -2.10. The van der Waals surface area contributed by atoms with Gasteiger partial charge in [0.1, 0.15) is 5.82 Å². The lowest BCUT2D eigenvalue weighted by atomic mass is 10.0. The average molecular weight is 314 g/mol. The summed E-state index contributed by atoms with van der Waals surface area (Å²) < 4.78 is 0. The van der Waals surface area contributed by atoms with Crippen molar-refractivity contribution in [2.24, 2.45) is 5.73 Å². The lowest BCUT2D eigenvalue weighted by Crippen LogP contribution is -2.14. The van der Waals surface area contributed by atoms with Crippen molar-refractivity contribution in [2.75, 3.05) is 18.4 Å². The number of nitrogens with one attached hydrogen (secondary N) is 1. The summed E-state index contributed by atoms with van der Waals surface area (Å²) in [5.74, 6) is 0.900. The van der Waals surface area contributed by atoms with E-state index in [-0.39, 0.29) is 12.4 Å². The maximum absolute atomic E-state index is 5.60. The predicted molar refractivity (Wildman–Crippen MR) is 96.7 cm³/mol. The summed E-state index contributed by atoms with van der Waals surface area (Å²) in [6, 6.07) is 18.8. The van der Waals surface area contributed by atoms with Gasteiger partial charge in [-0.3, -0.25) is 0 Å². The molecule has 0 atom stereocenters. The largest absolute Gasteiger partial charge is 0.368 e. The van der Waals surface area contributed by atoms with E-state index < -0.39 is 0 Å². The Kier molecular flexibility index (Phi) is 5.36. The normalized spacial score (nSPS) is 10.3. The second-order valence-electron chi connectivity index (χ2n) is 5.16. The number of nitrogens with zero attached hydrogens (tertiary/aromatic N) is 1. The Morgan fingerprint density at radius 1 is 1.05 bits per heavy atom. The van der Waals surface area contributed by atoms with E-state index in [1.165, 1.54) is 10.9 Å². The smallest absolute Gasteiger partial charge is 0.134 e. The number of fused-ring (bicyclic) bond motifs is 1. The van der Waals surface area contributed by atoms with Crippen molar-refractivity contribution in [2.45, 2.75) is 6.92 Å². The number of nitrogens with two attached hydrogens (primary N) is 1. The lowest BCUT2D eigenvalue weighted by molar-refractivity contribution is 1.02. The molecule has 0 radical (unpaired) electrons. The fourth-order valence-electron chi connectivity index (χ4n) is 2.46. The van der Waals surface area contributed by atoms with Crippen molar-refractivity contribution in [3.8, 4) is 11.3 Å². The van der Waals surface area contributed by atoms with Crippen LogP contribution in [0.25, 0.3) is 22.0 Å². The number of hydrogen-bond donors (Lipinski definition) is 2. The molecular formula is C18H20ClN3. The van der Waals surface area contributed by atoms with Gasteiger partial charge in [-0.15, -0.1) is 12.4 Å². The molecule has 2 aromatic carbocycles. The van der Waals surface area contributed by atoms with Gasteiger partial charge in [0, 0.05) is 24.0 Å². The number of anilines is 1. The first-order valence-electron chi connectivity index (χ1n) is 7.19. The third-order valence-electron chi connectivity index (χ3n) is 3.49. The number of aromatic nitrogens is 1. The predicted octanol–water partition coefficient (Wildman–Crippen LogP) is 4.00. The summed E-state index contributed by atoms with van der Waals surface area (Å²) in [5.41, 5.74) is 8.95. The van der Waals surface area contributed by atoms with Crippen molar-refractivity contribution >= 4 is 29.0 Å². The van der Waals surface area contributed by atoms with E-state index in [2.05, 4.69) is 48.6 Å². The highest BCUT2D eigenvalue weighted by molar-refractivity contribution is 5.95. The number of halogens is 1. The summed E-state index contributed by atoms with van der Waals surface area (Å²) in [4.78, 5) is 4.77. The molecule has 3 aromatic rings. The van der Waals surface area contributed by atoms with Gasteiger partial charge in [0.25, 0.3) is 0 Å². The first-order valence-corrected chi connectivity index (χ1v) is 7.19. The maximum atomic E-state index is 5.60. The van der Waals surface area contributed by atoms with E-state index in [9.17, 15) is 0 Å². The maximum Gasteiger partial charge on any atom is 0.134 e. The first-order chi connectivity index (χ1) is 10.3. The Morgan fingerprint density at radius 3 is 2.55 bits per heavy atom. The number of pyridine rings is 1. The molecule has 3 N–H and O–H groups in total. The van der Waals surface area contributed by atoms with Crippen LogP contribution in [0.3, 0.4) is 0 Å². The summed E-state index contributed by atoms with van der Waals surface area (Å²) in [6.07, 6.45) is 0. The van der Waals surface area contributed by atoms with Gasteiger partial charge in [0.2, 0.25) is 0 Å². The van der Waals surface area contributed by atoms with E-state index in [1.807, 2.05) is 18.2 Å². The summed E-state index contributed by atoms with van der Waals surface area (Å²) in [7, 11) is 0. The zero-order chi connectivity index (χ0) is 14.7. The fourth-order valence-corrected chi connectivity index (χ4v) is 2.46. The monoisotopic (exact) mass is 313 g/mol. The SMILES string of the molecule is Cc1ccc2c(NCCN)nc(-c3ccccc3)cc2c1.Cl. The second-order valence-corrected chi connectivity index (χ2v) is 5.16. The molecule has 0 aliphatic heterocycles. The average Bonchev–Trinajstić information content (AvgIpc) is 2.52. The van der Waals surface area contributed by atoms with Gasteiger partial charge in [-0.05, 0) is 18.4 Å². The molecule has 0 amide bonds. The van der Waals surface area contributed by atoms with Crippen LogP contribution in [0.2, 0.25) is 0 Å². The first kappa shape index (κ1) is 16.3. The molecule has 22 heavy (non-hydrogen) atoms. The molecular weight excluding hydrogens is 294 g/mol. The molecule has 0 aliphatic rings. The minimum absolute atomic E-state index is 0. The van der Waals surface area contributed by atoms with Crippen molar-refractivity contribution in [3.05, 3.63) is 60.2 Å². The molecule has 0 spiro atoms. The van der Waals surface area contributed by atoms with Crippen molar-refractivity contribution in [3.63, 3.8) is 0 Å². The molecule has 0 fully saturated rings. The van der Waals surface area contributed by atoms with Crippen molar-refractivity contribution < 1.29 is 0 Å². The molecule has 0 aliphatic carbocycles. The molecule has 0 saturated carbocycles. The van der Waals surface area contributed by atoms with Gasteiger partial charge in [0.15, 0.2) is 0 Å². The topological polar surface area (TPSA) is 50.9 Å². The van der Waals surface area contributed by atoms with E-state index in [4.69, 9.17) is 10.7 Å². The van der Waals surface area contributed by atoms with Crippen LogP contribution in [-0.4, -0.2) is 18.1 Å². The molecule has 0 bridgehead atoms. The molecule has 4 heteroatoms. The molecule has 114 valence electrons. The van der Waals surface area contributed by atoms with Gasteiger partial charge in [-0.2, -0.15) is 0 Å². The minimum Gasteiger partial charge on any atom is -0.368 e. The van der Waals surface area contributed by atoms with Gasteiger partial charge in [-0.25, -0.2) is 4.98 Å². The number of aryl methyl sites for hydroxylation is 1. The van der Waals surface area contributed by atoms with Gasteiger partial charge in [0.05, 0.1) is 5.69 Å². The summed E-state index contributed by atoms with van der Waals surface area (Å²) in [6.45, 7) is 3.41. The highest BCUT2D eigenvalue weighted by atomic mass is 35.5. The van der Waals surface area contributed by atoms with Crippen LogP contribution < -0.4 is 11.1 Å². The third kappa shape index (κ3) is 3.38. The molecule has 0 unspecified atom stereocenters. The highest BCUT2D eigenvalue weighted by Crippen LogP contribution is 2.28. The van der Waals surface area contributed by atoms with E-state index in [1.54, 1.807) is 0 Å². The summed E-state index contributed by atoms with van der Waals surface area (Å²) in [5, 5.41) is 5.66. The van der Waals surface area contributed by atoms with Crippen LogP contribution in [0.5, 0.6) is 0 Å². The zero-order valence-corrected chi connectivity index (χ0v) is 13.4. The van der Waals surface area contributed by atoms with Gasteiger partial charge < -0.3 is 11.1 Å². The number of hydrogen-bond acceptors (Lipinski definition) is 3. The van der Waals surface area contributed by atoms with Crippen molar-refractivity contribution in [1.29, 1.82) is 0 Å². The second kappa shape index (κ2) is 7.25. The van der Waals surface area contributed by atoms with E-state index in [0.29, 0.717) is 13.1 Å². The third-order valence-corrected chi connectivity index (χ3v) is 3.49. The van der Waals surface area contributed by atoms with Gasteiger partial charge in [-0.1, -0.05) is 54.1 Å². The minimum atomic E-state index is 0. The Morgan fingerprint density at radius 2 is 1.82 bits per heavy atom. The zero-order valence-electron chi connectivity index (χ0n) is 12.5. The molecule has 0 saturated heterocycles. The van der Waals surface area contributed by atoms with Crippen LogP contribution in [0.4, 0.5) is 5.82 Å². The van der Waals surface area contributed by atoms with E-state index in [0.717, 1.165) is 22.5 Å². The molecule has 3 nitrogen and oxygen atoms in total. The Bertz CT molecular complexity index is 757. The Labute approximate surface area is 137 Å². The van der Waals surface area contributed by atoms with E-state index >= 15 is 0 Å². The standard InChI is InChI=1S/C18H19N3.ClH/c1-13-7-8-16-15(11-13)12-17(14-5-3-2-4-6-14)21-18(16)20-10-9-19;/h2-8,11-12H,9-10,19H2,1H3,(H,20,21);1H. The highest BCUT2D eigenvalue weighted by Gasteiger charge is 2.07. The van der Waals surface area contributed by atoms with Crippen LogP contribution in [-0.2, 0) is 0 Å². The number of benzene rings is 2. The van der Waals surface area contributed by atoms with Crippen LogP contribution in [0, 0.1) is 6.92 Å². The quantitative estimate of drug-likeness (QED) is 0.765. The van der Waals surface area contributed by atoms with Crippen LogP contribution in [0.15, 0.2) is 54.6 Å².